The molecule has 0 bridgehead atoms. The van der Waals surface area contributed by atoms with E-state index in [1.54, 1.807) is 12.1 Å². The van der Waals surface area contributed by atoms with Gasteiger partial charge in [0.1, 0.15) is 0 Å². The predicted octanol–water partition coefficient (Wildman–Crippen LogP) is 4.02. The molecule has 8 nitrogen and oxygen atoms in total. The number of hydrogen-bond donors (Lipinski definition) is 2. The van der Waals surface area contributed by atoms with Crippen molar-refractivity contribution in [2.45, 2.75) is 12.8 Å². The predicted molar refractivity (Wildman–Crippen MR) is 117 cm³/mol. The Balaban J connectivity index is 1.49. The van der Waals surface area contributed by atoms with Crippen molar-refractivity contribution in [2.24, 2.45) is 0 Å². The van der Waals surface area contributed by atoms with E-state index in [1.165, 1.54) is 12.1 Å². The van der Waals surface area contributed by atoms with Gasteiger partial charge in [0.2, 0.25) is 5.91 Å². The van der Waals surface area contributed by atoms with Gasteiger partial charge in [-0.25, -0.2) is 0 Å². The van der Waals surface area contributed by atoms with Crippen molar-refractivity contribution in [3.05, 3.63) is 57.1 Å². The number of hydrogen-bond acceptors (Lipinski definition) is 6. The number of carbonyl (C=O) groups excluding carboxylic acids is 1. The standard InChI is InChI=1S/C20H23BrN4O4/c21-15-3-8-19(24-10-12-29-13-11-24)18(14-15)23-20(26)2-1-9-22-16-4-6-17(7-5-16)25(27)28/h3-8,14,22H,1-2,9-13H2,(H,23,26). The first-order chi connectivity index (χ1) is 14.0. The molecule has 1 fully saturated rings. The lowest BCUT2D eigenvalue weighted by Gasteiger charge is -2.30. The normalized spacial score (nSPS) is 13.8. The summed E-state index contributed by atoms with van der Waals surface area (Å²) in [7, 11) is 0. The Morgan fingerprint density at radius 1 is 1.17 bits per heavy atom. The van der Waals surface area contributed by atoms with Crippen LogP contribution >= 0.6 is 15.9 Å². The van der Waals surface area contributed by atoms with Gasteiger partial charge in [-0.15, -0.1) is 0 Å². The second kappa shape index (κ2) is 10.2. The van der Waals surface area contributed by atoms with E-state index in [0.717, 1.165) is 34.6 Å². The Morgan fingerprint density at radius 2 is 1.90 bits per heavy atom. The van der Waals surface area contributed by atoms with E-state index in [0.29, 0.717) is 32.6 Å². The minimum Gasteiger partial charge on any atom is -0.385 e. The molecule has 0 spiro atoms. The second-order valence-electron chi connectivity index (χ2n) is 6.64. The molecule has 0 radical (unpaired) electrons. The first kappa shape index (κ1) is 21.1. The van der Waals surface area contributed by atoms with Gasteiger partial charge in [-0.1, -0.05) is 15.9 Å². The van der Waals surface area contributed by atoms with Gasteiger partial charge < -0.3 is 20.3 Å². The molecule has 1 aliphatic rings. The number of nitrogens with zero attached hydrogens (tertiary/aromatic N) is 2. The molecule has 1 saturated heterocycles. The number of ether oxygens (including phenoxy) is 1. The smallest absolute Gasteiger partial charge is 0.269 e. The summed E-state index contributed by atoms with van der Waals surface area (Å²) in [4.78, 5) is 24.9. The molecule has 2 aromatic rings. The van der Waals surface area contributed by atoms with Crippen LogP contribution in [0.15, 0.2) is 46.9 Å². The van der Waals surface area contributed by atoms with Gasteiger partial charge in [-0.2, -0.15) is 0 Å². The summed E-state index contributed by atoms with van der Waals surface area (Å²) in [6.07, 6.45) is 1.01. The van der Waals surface area contributed by atoms with Crippen molar-refractivity contribution in [3.63, 3.8) is 0 Å². The van der Waals surface area contributed by atoms with E-state index in [-0.39, 0.29) is 11.6 Å². The van der Waals surface area contributed by atoms with Crippen LogP contribution in [0.1, 0.15) is 12.8 Å². The third kappa shape index (κ3) is 6.16. The van der Waals surface area contributed by atoms with Crippen LogP contribution in [0.3, 0.4) is 0 Å². The fourth-order valence-corrected chi connectivity index (χ4v) is 3.44. The first-order valence-electron chi connectivity index (χ1n) is 9.43. The molecular weight excluding hydrogens is 440 g/mol. The summed E-state index contributed by atoms with van der Waals surface area (Å²) < 4.78 is 6.31. The number of nitro groups is 1. The summed E-state index contributed by atoms with van der Waals surface area (Å²) in [6.45, 7) is 3.54. The maximum atomic E-state index is 12.4. The van der Waals surface area contributed by atoms with E-state index >= 15 is 0 Å². The molecule has 0 aliphatic carbocycles. The lowest BCUT2D eigenvalue weighted by Crippen LogP contribution is -2.36. The van der Waals surface area contributed by atoms with Gasteiger partial charge in [-0.05, 0) is 36.8 Å². The van der Waals surface area contributed by atoms with Crippen molar-refractivity contribution in [1.82, 2.24) is 0 Å². The molecule has 9 heteroatoms. The second-order valence-corrected chi connectivity index (χ2v) is 7.56. The molecule has 3 rings (SSSR count). The van der Waals surface area contributed by atoms with Crippen LogP contribution in [-0.4, -0.2) is 43.7 Å². The Labute approximate surface area is 177 Å². The van der Waals surface area contributed by atoms with Gasteiger partial charge in [0.25, 0.3) is 5.69 Å². The largest absolute Gasteiger partial charge is 0.385 e. The Hall–Kier alpha value is -2.65. The molecular formula is C20H23BrN4O4. The zero-order chi connectivity index (χ0) is 20.6. The molecule has 2 aromatic carbocycles. The van der Waals surface area contributed by atoms with E-state index in [2.05, 4.69) is 31.5 Å². The molecule has 1 amide bonds. The molecule has 0 saturated carbocycles. The van der Waals surface area contributed by atoms with Crippen LogP contribution in [0.5, 0.6) is 0 Å². The molecule has 2 N–H and O–H groups in total. The van der Waals surface area contributed by atoms with Crippen molar-refractivity contribution in [2.75, 3.05) is 48.4 Å². The van der Waals surface area contributed by atoms with Crippen LogP contribution in [0.4, 0.5) is 22.7 Å². The SMILES string of the molecule is O=C(CCCNc1ccc([N+](=O)[O-])cc1)Nc1cc(Br)ccc1N1CCOCC1. The van der Waals surface area contributed by atoms with Crippen molar-refractivity contribution < 1.29 is 14.5 Å². The molecule has 1 heterocycles. The van der Waals surface area contributed by atoms with Gasteiger partial charge >= 0.3 is 0 Å². The first-order valence-corrected chi connectivity index (χ1v) is 10.2. The number of amides is 1. The quantitative estimate of drug-likeness (QED) is 0.349. The van der Waals surface area contributed by atoms with Crippen molar-refractivity contribution >= 4 is 44.6 Å². The highest BCUT2D eigenvalue weighted by Gasteiger charge is 2.16. The number of benzene rings is 2. The highest BCUT2D eigenvalue weighted by Crippen LogP contribution is 2.30. The van der Waals surface area contributed by atoms with E-state index in [1.807, 2.05) is 18.2 Å². The zero-order valence-electron chi connectivity index (χ0n) is 15.9. The average Bonchev–Trinajstić information content (AvgIpc) is 2.72. The lowest BCUT2D eigenvalue weighted by molar-refractivity contribution is -0.384. The highest BCUT2D eigenvalue weighted by molar-refractivity contribution is 9.10. The zero-order valence-corrected chi connectivity index (χ0v) is 17.5. The molecule has 0 unspecified atom stereocenters. The Morgan fingerprint density at radius 3 is 2.59 bits per heavy atom. The molecule has 154 valence electrons. The number of rotatable bonds is 8. The van der Waals surface area contributed by atoms with E-state index in [9.17, 15) is 14.9 Å². The van der Waals surface area contributed by atoms with Crippen LogP contribution in [0.2, 0.25) is 0 Å². The van der Waals surface area contributed by atoms with Gasteiger partial charge in [0, 0.05) is 48.3 Å². The minimum absolute atomic E-state index is 0.0527. The van der Waals surface area contributed by atoms with Gasteiger partial charge in [-0.3, -0.25) is 14.9 Å². The molecule has 29 heavy (non-hydrogen) atoms. The third-order valence-corrected chi connectivity index (χ3v) is 5.07. The highest BCUT2D eigenvalue weighted by atomic mass is 79.9. The van der Waals surface area contributed by atoms with Crippen LogP contribution in [0, 0.1) is 10.1 Å². The van der Waals surface area contributed by atoms with E-state index in [4.69, 9.17) is 4.74 Å². The number of non-ortho nitro benzene ring substituents is 1. The number of nitro benzene ring substituents is 1. The third-order valence-electron chi connectivity index (χ3n) is 4.57. The number of carbonyl (C=O) groups is 1. The minimum atomic E-state index is -0.429. The summed E-state index contributed by atoms with van der Waals surface area (Å²) in [6, 6.07) is 12.1. The Kier molecular flexibility index (Phi) is 7.42. The van der Waals surface area contributed by atoms with Crippen molar-refractivity contribution in [1.29, 1.82) is 0 Å². The fourth-order valence-electron chi connectivity index (χ4n) is 3.08. The molecule has 1 aliphatic heterocycles. The number of nitrogens with one attached hydrogen (secondary N) is 2. The molecule has 0 atom stereocenters. The summed E-state index contributed by atoms with van der Waals surface area (Å²) >= 11 is 3.47. The summed E-state index contributed by atoms with van der Waals surface area (Å²) in [5, 5.41) is 16.9. The van der Waals surface area contributed by atoms with Crippen molar-refractivity contribution in [3.8, 4) is 0 Å². The topological polar surface area (TPSA) is 96.7 Å². The molecule has 0 aromatic heterocycles. The maximum absolute atomic E-state index is 12.4. The lowest BCUT2D eigenvalue weighted by atomic mass is 10.2. The number of halogens is 1. The summed E-state index contributed by atoms with van der Waals surface area (Å²) in [5.41, 5.74) is 2.63. The summed E-state index contributed by atoms with van der Waals surface area (Å²) in [5.74, 6) is -0.0527. The van der Waals surface area contributed by atoms with Crippen LogP contribution in [0.25, 0.3) is 0 Å². The van der Waals surface area contributed by atoms with E-state index < -0.39 is 4.92 Å². The van der Waals surface area contributed by atoms with Gasteiger partial charge in [0.05, 0.1) is 29.5 Å². The van der Waals surface area contributed by atoms with Gasteiger partial charge in [0.15, 0.2) is 0 Å². The Bertz CT molecular complexity index is 854. The average molecular weight is 463 g/mol. The number of anilines is 3. The van der Waals surface area contributed by atoms with Crippen LogP contribution in [-0.2, 0) is 9.53 Å². The van der Waals surface area contributed by atoms with Crippen LogP contribution < -0.4 is 15.5 Å². The maximum Gasteiger partial charge on any atom is 0.269 e. The fraction of sp³-hybridized carbons (Fsp3) is 0.350. The number of morpholine rings is 1. The monoisotopic (exact) mass is 462 g/mol.